The highest BCUT2D eigenvalue weighted by atomic mass is 35.5. The molecule has 0 saturated carbocycles. The lowest BCUT2D eigenvalue weighted by atomic mass is 9.72. The van der Waals surface area contributed by atoms with Gasteiger partial charge in [0, 0.05) is 5.02 Å². The monoisotopic (exact) mass is 281 g/mol. The van der Waals surface area contributed by atoms with Crippen LogP contribution in [0.15, 0.2) is 24.3 Å². The highest BCUT2D eigenvalue weighted by molar-refractivity contribution is 6.30. The third-order valence-electron chi connectivity index (χ3n) is 3.91. The number of nitrogens with one attached hydrogen (secondary N) is 1. The molecule has 1 saturated heterocycles. The molecular weight excluding hydrogens is 262 g/mol. The normalized spacial score (nSPS) is 16.9. The molecule has 0 radical (unpaired) electrons. The molecule has 0 atom stereocenters. The number of benzene rings is 1. The highest BCUT2D eigenvalue weighted by Crippen LogP contribution is 2.36. The molecule has 0 aliphatic carbocycles. The number of hydrogen-bond acceptors (Lipinski definition) is 3. The summed E-state index contributed by atoms with van der Waals surface area (Å²) >= 11 is 5.91. The zero-order valence-electron chi connectivity index (χ0n) is 11.2. The Bertz CT molecular complexity index is 405. The summed E-state index contributed by atoms with van der Waals surface area (Å²) in [5.41, 5.74) is 1.94. The summed E-state index contributed by atoms with van der Waals surface area (Å²) in [4.78, 5) is 16.2. The van der Waals surface area contributed by atoms with Gasteiger partial charge in [0.25, 0.3) is 0 Å². The molecule has 2 rings (SSSR count). The lowest BCUT2D eigenvalue weighted by Crippen LogP contribution is -2.37. The van der Waals surface area contributed by atoms with Crippen LogP contribution in [0.1, 0.15) is 31.7 Å². The van der Waals surface area contributed by atoms with Gasteiger partial charge in [-0.2, -0.15) is 9.59 Å². The smallest absolute Gasteiger partial charge is 0.317 e. The molecule has 3 nitrogen and oxygen atoms in total. The van der Waals surface area contributed by atoms with E-state index >= 15 is 0 Å². The Kier molecular flexibility index (Phi) is 6.79. The summed E-state index contributed by atoms with van der Waals surface area (Å²) in [7, 11) is 0. The van der Waals surface area contributed by atoms with E-state index in [0.29, 0.717) is 5.41 Å². The fraction of sp³-hybridized carbons (Fsp3) is 0.533. The summed E-state index contributed by atoms with van der Waals surface area (Å²) in [6.07, 6.45) is 5.32. The van der Waals surface area contributed by atoms with Crippen molar-refractivity contribution in [3.05, 3.63) is 34.9 Å². The van der Waals surface area contributed by atoms with E-state index in [1.807, 2.05) is 12.1 Å². The second-order valence-electron chi connectivity index (χ2n) is 4.99. The first-order valence-corrected chi connectivity index (χ1v) is 6.98. The minimum atomic E-state index is 0.250. The van der Waals surface area contributed by atoms with Crippen LogP contribution in [0.5, 0.6) is 0 Å². The van der Waals surface area contributed by atoms with Crippen LogP contribution in [0.4, 0.5) is 0 Å². The van der Waals surface area contributed by atoms with Crippen molar-refractivity contribution in [3.8, 4) is 0 Å². The Morgan fingerprint density at radius 3 is 2.21 bits per heavy atom. The zero-order valence-corrected chi connectivity index (χ0v) is 12.0. The average Bonchev–Trinajstić information content (AvgIpc) is 2.43. The Balaban J connectivity index is 0.000000550. The van der Waals surface area contributed by atoms with Gasteiger partial charge in [-0.25, -0.2) is 0 Å². The molecule has 0 unspecified atom stereocenters. The molecule has 0 aromatic heterocycles. The van der Waals surface area contributed by atoms with Crippen LogP contribution < -0.4 is 5.32 Å². The molecule has 19 heavy (non-hydrogen) atoms. The topological polar surface area (TPSA) is 46.2 Å². The van der Waals surface area contributed by atoms with Crippen LogP contribution in [0.25, 0.3) is 0 Å². The van der Waals surface area contributed by atoms with Gasteiger partial charge in [-0.15, -0.1) is 0 Å². The Labute approximate surface area is 119 Å². The number of piperidine rings is 1. The molecule has 104 valence electrons. The fourth-order valence-electron chi connectivity index (χ4n) is 2.65. The van der Waals surface area contributed by atoms with Crippen LogP contribution in [-0.2, 0) is 16.0 Å². The lowest BCUT2D eigenvalue weighted by molar-refractivity contribution is -0.191. The maximum Gasteiger partial charge on any atom is 0.373 e. The molecule has 1 aromatic rings. The lowest BCUT2D eigenvalue weighted by Gasteiger charge is -2.37. The number of hydrogen-bond donors (Lipinski definition) is 1. The zero-order chi connectivity index (χ0) is 14.1. The van der Waals surface area contributed by atoms with E-state index in [0.717, 1.165) is 5.02 Å². The van der Waals surface area contributed by atoms with Gasteiger partial charge in [0.1, 0.15) is 0 Å². The van der Waals surface area contributed by atoms with Crippen LogP contribution in [0.2, 0.25) is 5.02 Å². The Morgan fingerprint density at radius 1 is 1.21 bits per heavy atom. The fourth-order valence-corrected chi connectivity index (χ4v) is 2.77. The van der Waals surface area contributed by atoms with Crippen molar-refractivity contribution in [2.24, 2.45) is 5.41 Å². The molecule has 4 heteroatoms. The average molecular weight is 282 g/mol. The molecule has 1 aliphatic rings. The van der Waals surface area contributed by atoms with Crippen LogP contribution >= 0.6 is 11.6 Å². The van der Waals surface area contributed by atoms with Gasteiger partial charge in [0.2, 0.25) is 0 Å². The van der Waals surface area contributed by atoms with Gasteiger partial charge in [0.05, 0.1) is 0 Å². The van der Waals surface area contributed by atoms with Crippen LogP contribution in [0, 0.1) is 5.41 Å². The SMILES string of the molecule is CCC1(Cc2ccc(Cl)cc2)CCNCC1.O=C=O. The van der Waals surface area contributed by atoms with E-state index in [1.54, 1.807) is 0 Å². The maximum absolute atomic E-state index is 8.12. The predicted octanol–water partition coefficient (Wildman–Crippen LogP) is 3.08. The van der Waals surface area contributed by atoms with Crippen molar-refractivity contribution in [1.29, 1.82) is 0 Å². The van der Waals surface area contributed by atoms with Gasteiger partial charge >= 0.3 is 6.15 Å². The summed E-state index contributed by atoms with van der Waals surface area (Å²) < 4.78 is 0. The quantitative estimate of drug-likeness (QED) is 0.926. The van der Waals surface area contributed by atoms with Crippen molar-refractivity contribution in [2.75, 3.05) is 13.1 Å². The Morgan fingerprint density at radius 2 is 1.74 bits per heavy atom. The second kappa shape index (κ2) is 8.11. The molecule has 0 amide bonds. The van der Waals surface area contributed by atoms with E-state index in [9.17, 15) is 0 Å². The minimum absolute atomic E-state index is 0.250. The Hall–Kier alpha value is -1.15. The van der Waals surface area contributed by atoms with Crippen LogP contribution in [0.3, 0.4) is 0 Å². The van der Waals surface area contributed by atoms with Crippen molar-refractivity contribution in [3.63, 3.8) is 0 Å². The predicted molar refractivity (Wildman–Crippen MR) is 75.0 cm³/mol. The number of rotatable bonds is 3. The van der Waals surface area contributed by atoms with Gasteiger partial charge in [0.15, 0.2) is 0 Å². The van der Waals surface area contributed by atoms with Gasteiger partial charge in [-0.05, 0) is 55.5 Å². The largest absolute Gasteiger partial charge is 0.373 e. The third-order valence-corrected chi connectivity index (χ3v) is 4.16. The van der Waals surface area contributed by atoms with Crippen LogP contribution in [-0.4, -0.2) is 19.2 Å². The molecular formula is C15H20ClNO2. The molecule has 0 spiro atoms. The van der Waals surface area contributed by atoms with E-state index in [4.69, 9.17) is 21.2 Å². The van der Waals surface area contributed by atoms with Crippen molar-refractivity contribution >= 4 is 17.8 Å². The minimum Gasteiger partial charge on any atom is -0.317 e. The second-order valence-corrected chi connectivity index (χ2v) is 5.43. The van der Waals surface area contributed by atoms with Crippen molar-refractivity contribution < 1.29 is 9.59 Å². The van der Waals surface area contributed by atoms with E-state index < -0.39 is 0 Å². The van der Waals surface area contributed by atoms with E-state index in [-0.39, 0.29) is 6.15 Å². The van der Waals surface area contributed by atoms with Gasteiger partial charge in [-0.1, -0.05) is 37.1 Å². The van der Waals surface area contributed by atoms with Gasteiger partial charge < -0.3 is 5.32 Å². The highest BCUT2D eigenvalue weighted by Gasteiger charge is 2.29. The molecule has 0 bridgehead atoms. The summed E-state index contributed by atoms with van der Waals surface area (Å²) in [5, 5.41) is 4.28. The summed E-state index contributed by atoms with van der Waals surface area (Å²) in [6, 6.07) is 8.34. The first kappa shape index (κ1) is 15.9. The standard InChI is InChI=1S/C14H20ClN.CO2/c1-2-14(7-9-16-10-8-14)11-12-3-5-13(15)6-4-12;2-1-3/h3-6,16H,2,7-11H2,1H3;. The molecule has 1 heterocycles. The van der Waals surface area contributed by atoms with Crippen molar-refractivity contribution in [2.45, 2.75) is 32.6 Å². The maximum atomic E-state index is 8.12. The first-order valence-electron chi connectivity index (χ1n) is 6.60. The van der Waals surface area contributed by atoms with Gasteiger partial charge in [-0.3, -0.25) is 0 Å². The molecule has 1 N–H and O–H groups in total. The number of halogens is 1. The number of carbonyl (C=O) groups excluding carboxylic acids is 2. The third kappa shape index (κ3) is 5.15. The first-order chi connectivity index (χ1) is 9.15. The molecule has 1 fully saturated rings. The molecule has 1 aliphatic heterocycles. The van der Waals surface area contributed by atoms with E-state index in [1.165, 1.54) is 44.3 Å². The summed E-state index contributed by atoms with van der Waals surface area (Å²) in [5.74, 6) is 0. The van der Waals surface area contributed by atoms with Crippen molar-refractivity contribution in [1.82, 2.24) is 5.32 Å². The molecule has 1 aromatic carbocycles. The summed E-state index contributed by atoms with van der Waals surface area (Å²) in [6.45, 7) is 4.66. The van der Waals surface area contributed by atoms with E-state index in [2.05, 4.69) is 24.4 Å².